The first-order valence-corrected chi connectivity index (χ1v) is 9.94. The van der Waals surface area contributed by atoms with Crippen LogP contribution in [0.5, 0.6) is 0 Å². The van der Waals surface area contributed by atoms with Crippen LogP contribution in [0, 0.1) is 0 Å². The summed E-state index contributed by atoms with van der Waals surface area (Å²) in [5.41, 5.74) is 1.24. The molecule has 0 radical (unpaired) electrons. The molecule has 1 aliphatic carbocycles. The monoisotopic (exact) mass is 260 g/mol. The molecular weight excluding hydrogens is 240 g/mol. The zero-order valence-electron chi connectivity index (χ0n) is 11.5. The lowest BCUT2D eigenvalue weighted by Crippen LogP contribution is -2.43. The molecule has 18 heavy (non-hydrogen) atoms. The van der Waals surface area contributed by atoms with Crippen molar-refractivity contribution in [3.05, 3.63) is 35.4 Å². The second-order valence-corrected chi connectivity index (χ2v) is 12.0. The van der Waals surface area contributed by atoms with E-state index in [4.69, 9.17) is 0 Å². The zero-order valence-corrected chi connectivity index (χ0v) is 12.5. The molecule has 0 heterocycles. The highest BCUT2D eigenvalue weighted by Crippen LogP contribution is 2.47. The Morgan fingerprint density at radius 3 is 2.17 bits per heavy atom. The molecule has 3 heteroatoms. The summed E-state index contributed by atoms with van der Waals surface area (Å²) in [5, 5.41) is -0.338. The van der Waals surface area contributed by atoms with E-state index >= 15 is 0 Å². The molecule has 0 spiro atoms. The Labute approximate surface area is 109 Å². The maximum absolute atomic E-state index is 12.8. The Kier molecular flexibility index (Phi) is 3.05. The number of hydrogen-bond acceptors (Lipinski definition) is 2. The van der Waals surface area contributed by atoms with Crippen LogP contribution in [0.2, 0.25) is 24.7 Å². The molecule has 1 aromatic carbocycles. The van der Waals surface area contributed by atoms with Crippen LogP contribution in [0.3, 0.4) is 0 Å². The van der Waals surface area contributed by atoms with E-state index < -0.39 is 8.07 Å². The lowest BCUT2D eigenvalue weighted by molar-refractivity contribution is 0.0931. The number of fused-ring (bicyclic) bond motifs is 1. The predicted molar refractivity (Wildman–Crippen MR) is 76.1 cm³/mol. The van der Waals surface area contributed by atoms with Crippen LogP contribution in [0.4, 0.5) is 0 Å². The first kappa shape index (κ1) is 13.2. The molecule has 0 fully saturated rings. The molecule has 1 aliphatic rings. The summed E-state index contributed by atoms with van der Waals surface area (Å²) in [6, 6.07) is 7.27. The van der Waals surface area contributed by atoms with E-state index in [1.54, 1.807) is 12.1 Å². The highest BCUT2D eigenvalue weighted by Gasteiger charge is 2.47. The number of benzene rings is 1. The highest BCUT2D eigenvalue weighted by molar-refractivity contribution is 6.83. The zero-order chi connectivity index (χ0) is 13.6. The van der Waals surface area contributed by atoms with E-state index in [1.165, 1.54) is 0 Å². The van der Waals surface area contributed by atoms with Crippen molar-refractivity contribution in [3.63, 3.8) is 0 Å². The van der Waals surface area contributed by atoms with Gasteiger partial charge < -0.3 is 0 Å². The van der Waals surface area contributed by atoms with Crippen molar-refractivity contribution in [2.75, 3.05) is 0 Å². The van der Waals surface area contributed by atoms with Crippen LogP contribution in [-0.4, -0.2) is 19.6 Å². The second-order valence-electron chi connectivity index (χ2n) is 6.38. The van der Waals surface area contributed by atoms with Gasteiger partial charge in [-0.3, -0.25) is 9.59 Å². The van der Waals surface area contributed by atoms with Gasteiger partial charge in [-0.25, -0.2) is 0 Å². The third-order valence-electron chi connectivity index (χ3n) is 4.48. The van der Waals surface area contributed by atoms with Gasteiger partial charge in [-0.2, -0.15) is 0 Å². The normalized spacial score (nSPS) is 24.7. The van der Waals surface area contributed by atoms with Gasteiger partial charge in [0.25, 0.3) is 0 Å². The van der Waals surface area contributed by atoms with Crippen molar-refractivity contribution >= 4 is 19.6 Å². The van der Waals surface area contributed by atoms with Crippen LogP contribution in [0.15, 0.2) is 24.3 Å². The Bertz CT molecular complexity index is 513. The van der Waals surface area contributed by atoms with E-state index in [-0.39, 0.29) is 16.6 Å². The maximum Gasteiger partial charge on any atom is 0.166 e. The van der Waals surface area contributed by atoms with E-state index in [1.807, 2.05) is 12.1 Å². The number of Topliss-reactive ketones (excluding diaryl/α,β-unsaturated/α-hetero) is 2. The average Bonchev–Trinajstić information content (AvgIpc) is 2.41. The lowest BCUT2D eigenvalue weighted by Gasteiger charge is -2.38. The fraction of sp³-hybridized carbons (Fsp3) is 0.467. The van der Waals surface area contributed by atoms with E-state index in [0.717, 1.165) is 0 Å². The van der Waals surface area contributed by atoms with Gasteiger partial charge in [-0.15, -0.1) is 0 Å². The Balaban J connectivity index is 2.62. The molecule has 1 atom stereocenters. The van der Waals surface area contributed by atoms with Crippen molar-refractivity contribution in [2.24, 2.45) is 0 Å². The molecule has 1 aromatic rings. The van der Waals surface area contributed by atoms with Crippen LogP contribution in [-0.2, 0) is 0 Å². The molecule has 0 bridgehead atoms. The first-order chi connectivity index (χ1) is 8.27. The van der Waals surface area contributed by atoms with Crippen LogP contribution in [0.25, 0.3) is 0 Å². The molecular formula is C15H20O2Si. The first-order valence-electron chi connectivity index (χ1n) is 6.44. The molecule has 2 rings (SSSR count). The van der Waals surface area contributed by atoms with Crippen LogP contribution < -0.4 is 0 Å². The summed E-state index contributed by atoms with van der Waals surface area (Å²) >= 11 is 0. The smallest absolute Gasteiger partial charge is 0.166 e. The fourth-order valence-corrected chi connectivity index (χ4v) is 4.24. The lowest BCUT2D eigenvalue weighted by atomic mass is 9.95. The average molecular weight is 260 g/mol. The van der Waals surface area contributed by atoms with E-state index in [0.29, 0.717) is 24.0 Å². The largest absolute Gasteiger partial charge is 0.294 e. The Morgan fingerprint density at radius 2 is 1.61 bits per heavy atom. The quantitative estimate of drug-likeness (QED) is 0.566. The molecule has 1 unspecified atom stereocenters. The summed E-state index contributed by atoms with van der Waals surface area (Å²) in [4.78, 5) is 25.0. The molecule has 96 valence electrons. The molecule has 0 N–H and O–H groups in total. The van der Waals surface area contributed by atoms with Crippen LogP contribution in [0.1, 0.15) is 40.5 Å². The van der Waals surface area contributed by atoms with Gasteiger partial charge in [0.05, 0.1) is 8.07 Å². The summed E-state index contributed by atoms with van der Waals surface area (Å²) in [6.07, 6.45) is 1.18. The third kappa shape index (κ3) is 1.87. The summed E-state index contributed by atoms with van der Waals surface area (Å²) in [6.45, 7) is 8.69. The van der Waals surface area contributed by atoms with Crippen molar-refractivity contribution in [3.8, 4) is 0 Å². The van der Waals surface area contributed by atoms with Gasteiger partial charge in [0, 0.05) is 22.6 Å². The minimum Gasteiger partial charge on any atom is -0.294 e. The number of rotatable bonds is 1. The molecule has 2 nitrogen and oxygen atoms in total. The fourth-order valence-electron chi connectivity index (χ4n) is 2.55. The van der Waals surface area contributed by atoms with Crippen molar-refractivity contribution < 1.29 is 9.59 Å². The van der Waals surface area contributed by atoms with Gasteiger partial charge in [0.2, 0.25) is 0 Å². The summed E-state index contributed by atoms with van der Waals surface area (Å²) in [5.74, 6) is 0.282. The van der Waals surface area contributed by atoms with E-state index in [2.05, 4.69) is 26.6 Å². The van der Waals surface area contributed by atoms with Gasteiger partial charge in [-0.1, -0.05) is 50.8 Å². The van der Waals surface area contributed by atoms with Gasteiger partial charge in [0.15, 0.2) is 11.6 Å². The maximum atomic E-state index is 12.8. The molecule has 0 saturated carbocycles. The molecule has 0 saturated heterocycles. The topological polar surface area (TPSA) is 34.1 Å². The standard InChI is InChI=1S/C15H20O2Si/c1-15(18(2,3)4)10-9-13(16)11-7-5-6-8-12(11)14(15)17/h5-8H,9-10H2,1-4H3. The number of carbonyl (C=O) groups excluding carboxylic acids is 2. The minimum atomic E-state index is -1.68. The minimum absolute atomic E-state index is 0.112. The van der Waals surface area contributed by atoms with Crippen molar-refractivity contribution in [1.82, 2.24) is 0 Å². The van der Waals surface area contributed by atoms with Crippen molar-refractivity contribution in [1.29, 1.82) is 0 Å². The summed E-state index contributed by atoms with van der Waals surface area (Å²) in [7, 11) is -1.68. The summed E-state index contributed by atoms with van der Waals surface area (Å²) < 4.78 is 0. The molecule has 0 amide bonds. The van der Waals surface area contributed by atoms with E-state index in [9.17, 15) is 9.59 Å². The van der Waals surface area contributed by atoms with Gasteiger partial charge in [0.1, 0.15) is 0 Å². The predicted octanol–water partition coefficient (Wildman–Crippen LogP) is 3.94. The van der Waals surface area contributed by atoms with Gasteiger partial charge in [-0.05, 0) is 6.42 Å². The Hall–Kier alpha value is -1.22. The number of ketones is 2. The van der Waals surface area contributed by atoms with Crippen LogP contribution >= 0.6 is 0 Å². The SMILES string of the molecule is CC1([Si](C)(C)C)CCC(=O)c2ccccc2C1=O. The molecule has 0 aliphatic heterocycles. The second kappa shape index (κ2) is 4.16. The molecule has 0 aromatic heterocycles. The van der Waals surface area contributed by atoms with Crippen molar-refractivity contribution in [2.45, 2.75) is 44.4 Å². The number of carbonyl (C=O) groups is 2. The Morgan fingerprint density at radius 1 is 1.06 bits per heavy atom. The van der Waals surface area contributed by atoms with Gasteiger partial charge >= 0.3 is 0 Å². The highest BCUT2D eigenvalue weighted by atomic mass is 28.3. The third-order valence-corrected chi connectivity index (χ3v) is 8.27. The number of hydrogen-bond donors (Lipinski definition) is 0.